The van der Waals surface area contributed by atoms with Crippen LogP contribution < -0.4 is 68.9 Å². The maximum Gasteiger partial charge on any atom is 1.00 e. The van der Waals surface area contributed by atoms with Crippen LogP contribution in [0.15, 0.2) is 0 Å². The van der Waals surface area contributed by atoms with E-state index in [1.807, 2.05) is 0 Å². The van der Waals surface area contributed by atoms with Crippen molar-refractivity contribution in [1.29, 1.82) is 0 Å². The maximum absolute atomic E-state index is 9.71. The summed E-state index contributed by atoms with van der Waals surface area (Å²) < 4.78 is 13.3. The quantitative estimate of drug-likeness (QED) is 0.356. The van der Waals surface area contributed by atoms with E-state index in [4.69, 9.17) is 10.2 Å². The molecule has 12 heavy (non-hydrogen) atoms. The van der Waals surface area contributed by atoms with Crippen LogP contribution in [0, 0.1) is 0 Å². The Bertz CT molecular complexity index is 137. The summed E-state index contributed by atoms with van der Waals surface area (Å²) in [5.74, 6) is 0. The van der Waals surface area contributed by atoms with E-state index in [0.717, 1.165) is 0 Å². The van der Waals surface area contributed by atoms with Gasteiger partial charge in [-0.1, -0.05) is 0 Å². The third kappa shape index (κ3) is 14.5. The van der Waals surface area contributed by atoms with Crippen LogP contribution in [0.2, 0.25) is 0 Å². The average molecular weight is 216 g/mol. The van der Waals surface area contributed by atoms with Gasteiger partial charge in [-0.25, -0.2) is 0 Å². The summed E-state index contributed by atoms with van der Waals surface area (Å²) in [5.41, 5.74) is 0. The van der Waals surface area contributed by atoms with Crippen molar-refractivity contribution in [3.8, 4) is 0 Å². The number of phosphoric ester groups is 1. The van der Waals surface area contributed by atoms with Gasteiger partial charge in [0, 0.05) is 0 Å². The minimum Gasteiger partial charge on any atom is -0.790 e. The second-order valence-electron chi connectivity index (χ2n) is 1.58. The summed E-state index contributed by atoms with van der Waals surface area (Å²) in [5, 5.41) is 16.6. The molecule has 0 heterocycles. The molecule has 0 aromatic carbocycles. The van der Waals surface area contributed by atoms with Crippen LogP contribution >= 0.6 is 7.82 Å². The van der Waals surface area contributed by atoms with Gasteiger partial charge in [0.2, 0.25) is 0 Å². The van der Waals surface area contributed by atoms with Gasteiger partial charge in [-0.3, -0.25) is 0 Å². The minimum atomic E-state index is -5.00. The van der Waals surface area contributed by atoms with Crippen molar-refractivity contribution >= 4 is 7.82 Å². The number of phosphoric acid groups is 1. The van der Waals surface area contributed by atoms with E-state index in [1.165, 1.54) is 0 Å². The number of aliphatic hydroxyl groups excluding tert-OH is 2. The molecular weight excluding hydrogens is 209 g/mol. The smallest absolute Gasteiger partial charge is 0.790 e. The van der Waals surface area contributed by atoms with Crippen molar-refractivity contribution < 1.29 is 88.2 Å². The monoisotopic (exact) mass is 216 g/mol. The predicted octanol–water partition coefficient (Wildman–Crippen LogP) is -8.81. The molecule has 0 aromatic heterocycles. The Morgan fingerprint density at radius 2 is 1.83 bits per heavy atom. The van der Waals surface area contributed by atoms with Crippen molar-refractivity contribution in [3.05, 3.63) is 0 Å². The van der Waals surface area contributed by atoms with E-state index in [2.05, 4.69) is 4.52 Å². The molecule has 0 aliphatic carbocycles. The van der Waals surface area contributed by atoms with Gasteiger partial charge < -0.3 is 29.1 Å². The summed E-state index contributed by atoms with van der Waals surface area (Å²) in [7, 11) is -5.00. The van der Waals surface area contributed by atoms with Crippen LogP contribution in [0.25, 0.3) is 0 Å². The van der Waals surface area contributed by atoms with E-state index in [-0.39, 0.29) is 59.1 Å². The SMILES string of the molecule is O=P([O-])([O-])OC[C@H](O)CO.[Na+].[Na+]. The first-order valence-corrected chi connectivity index (χ1v) is 3.87. The molecule has 0 aliphatic rings. The molecule has 0 rings (SSSR count). The molecule has 9 heteroatoms. The van der Waals surface area contributed by atoms with Crippen LogP contribution in [-0.2, 0) is 9.09 Å². The van der Waals surface area contributed by atoms with Gasteiger partial charge in [-0.2, -0.15) is 0 Å². The van der Waals surface area contributed by atoms with E-state index in [0.29, 0.717) is 0 Å². The summed E-state index contributed by atoms with van der Waals surface area (Å²) >= 11 is 0. The van der Waals surface area contributed by atoms with E-state index < -0.39 is 27.1 Å². The number of aliphatic hydroxyl groups is 2. The van der Waals surface area contributed by atoms with Gasteiger partial charge in [0.25, 0.3) is 0 Å². The molecule has 0 spiro atoms. The zero-order chi connectivity index (χ0) is 8.20. The normalized spacial score (nSPS) is 12.7. The third-order valence-corrected chi connectivity index (χ3v) is 1.10. The van der Waals surface area contributed by atoms with Gasteiger partial charge >= 0.3 is 59.1 Å². The Labute approximate surface area is 114 Å². The molecule has 0 aliphatic heterocycles. The first kappa shape index (κ1) is 19.6. The van der Waals surface area contributed by atoms with Gasteiger partial charge in [-0.15, -0.1) is 0 Å². The summed E-state index contributed by atoms with van der Waals surface area (Å²) in [6, 6.07) is 0. The molecule has 0 unspecified atom stereocenters. The van der Waals surface area contributed by atoms with Crippen LogP contribution in [0.3, 0.4) is 0 Å². The number of rotatable bonds is 4. The van der Waals surface area contributed by atoms with Crippen LogP contribution in [0.1, 0.15) is 0 Å². The van der Waals surface area contributed by atoms with Crippen molar-refractivity contribution in [3.63, 3.8) is 0 Å². The fraction of sp³-hybridized carbons (Fsp3) is 1.00. The minimum absolute atomic E-state index is 0. The Kier molecular flexibility index (Phi) is 15.6. The Hall–Kier alpha value is 2.03. The summed E-state index contributed by atoms with van der Waals surface area (Å²) in [6.07, 6.45) is -1.32. The molecule has 0 saturated heterocycles. The molecule has 0 radical (unpaired) electrons. The first-order chi connectivity index (χ1) is 4.45. The van der Waals surface area contributed by atoms with Crippen LogP contribution in [-0.4, -0.2) is 29.5 Å². The topological polar surface area (TPSA) is 113 Å². The molecule has 6 nitrogen and oxygen atoms in total. The molecule has 62 valence electrons. The van der Waals surface area contributed by atoms with Gasteiger partial charge in [0.15, 0.2) is 0 Å². The molecule has 0 fully saturated rings. The second kappa shape index (κ2) is 9.58. The Morgan fingerprint density at radius 1 is 1.42 bits per heavy atom. The molecule has 0 saturated carbocycles. The van der Waals surface area contributed by atoms with E-state index >= 15 is 0 Å². The van der Waals surface area contributed by atoms with Gasteiger partial charge in [0.05, 0.1) is 21.0 Å². The zero-order valence-electron chi connectivity index (χ0n) is 6.97. The van der Waals surface area contributed by atoms with Crippen molar-refractivity contribution in [2.24, 2.45) is 0 Å². The molecular formula is C3H7Na2O6P. The molecule has 0 aromatic rings. The van der Waals surface area contributed by atoms with E-state index in [1.54, 1.807) is 0 Å². The van der Waals surface area contributed by atoms with Crippen molar-refractivity contribution in [2.75, 3.05) is 13.2 Å². The third-order valence-electron chi connectivity index (χ3n) is 0.636. The molecule has 0 amide bonds. The van der Waals surface area contributed by atoms with E-state index in [9.17, 15) is 14.4 Å². The van der Waals surface area contributed by atoms with Crippen LogP contribution in [0.4, 0.5) is 0 Å². The first-order valence-electron chi connectivity index (χ1n) is 2.41. The van der Waals surface area contributed by atoms with Crippen molar-refractivity contribution in [1.82, 2.24) is 0 Å². The summed E-state index contributed by atoms with van der Waals surface area (Å²) in [6.45, 7) is -1.33. The molecule has 1 atom stereocenters. The van der Waals surface area contributed by atoms with Crippen LogP contribution in [0.5, 0.6) is 0 Å². The Morgan fingerprint density at radius 3 is 2.08 bits per heavy atom. The van der Waals surface area contributed by atoms with Gasteiger partial charge in [-0.05, 0) is 0 Å². The standard InChI is InChI=1S/C3H9O6P.2Na/c4-1-3(5)2-9-10(6,7)8;;/h3-5H,1-2H2,(H2,6,7,8);;/q;2*+1/p-2/t3-;;/m1../s1. The zero-order valence-corrected chi connectivity index (χ0v) is 11.9. The largest absolute Gasteiger partial charge is 1.00 e. The predicted molar refractivity (Wildman–Crippen MR) is 26.7 cm³/mol. The summed E-state index contributed by atoms with van der Waals surface area (Å²) in [4.78, 5) is 19.4. The van der Waals surface area contributed by atoms with Gasteiger partial charge in [0.1, 0.15) is 6.10 Å². The maximum atomic E-state index is 9.71. The average Bonchev–Trinajstić information content (AvgIpc) is 1.81. The Balaban J connectivity index is -0.000000405. The van der Waals surface area contributed by atoms with Crippen molar-refractivity contribution in [2.45, 2.75) is 6.10 Å². The molecule has 0 bridgehead atoms. The number of hydrogen-bond acceptors (Lipinski definition) is 6. The second-order valence-corrected chi connectivity index (χ2v) is 2.73. The molecule has 2 N–H and O–H groups in total. The number of hydrogen-bond donors (Lipinski definition) is 2. The fourth-order valence-electron chi connectivity index (χ4n) is 0.230. The fourth-order valence-corrected chi connectivity index (χ4v) is 0.585.